The minimum Gasteiger partial charge on any atom is -0.456 e. The van der Waals surface area contributed by atoms with Gasteiger partial charge in [0.15, 0.2) is 48.6 Å². The number of benzene rings is 2. The van der Waals surface area contributed by atoms with Crippen LogP contribution in [0.4, 0.5) is 8.78 Å². The average Bonchev–Trinajstić information content (AvgIpc) is 4.26. The maximum Gasteiger partial charge on any atom is 0.459 e. The monoisotopic (exact) mass is 1170 g/mol. The molecule has 30 heteroatoms. The van der Waals surface area contributed by atoms with Crippen molar-refractivity contribution in [2.24, 2.45) is 0 Å². The van der Waals surface area contributed by atoms with Crippen molar-refractivity contribution < 1.29 is 83.5 Å². The Morgan fingerprint density at radius 2 is 0.963 bits per heavy atom. The van der Waals surface area contributed by atoms with Gasteiger partial charge in [0, 0.05) is 37.4 Å². The molecule has 6 heterocycles. The lowest BCUT2D eigenvalue weighted by Crippen LogP contribution is -2.46. The van der Waals surface area contributed by atoms with Crippen LogP contribution in [0.3, 0.4) is 0 Å². The molecule has 80 heavy (non-hydrogen) atoms. The van der Waals surface area contributed by atoms with E-state index in [1.165, 1.54) is 13.8 Å². The van der Waals surface area contributed by atoms with Crippen LogP contribution < -0.4 is 41.7 Å². The van der Waals surface area contributed by atoms with Gasteiger partial charge in [0.25, 0.3) is 11.1 Å². The molecule has 8 rings (SSSR count). The van der Waals surface area contributed by atoms with E-state index >= 15 is 8.78 Å². The maximum atomic E-state index is 16.2. The molecule has 26 nitrogen and oxygen atoms in total. The number of rotatable bonds is 24. The maximum absolute atomic E-state index is 16.2. The van der Waals surface area contributed by atoms with Crippen molar-refractivity contribution in [2.75, 3.05) is 39.6 Å². The Hall–Kier alpha value is -5.74. The summed E-state index contributed by atoms with van der Waals surface area (Å²) in [5.41, 5.74) is -8.11. The fraction of sp³-hybridized carbons (Fsp3) is 0.560. The lowest BCUT2D eigenvalue weighted by molar-refractivity contribution is -0.158. The van der Waals surface area contributed by atoms with Crippen molar-refractivity contribution in [1.29, 1.82) is 0 Å². The van der Waals surface area contributed by atoms with Crippen LogP contribution in [0.15, 0.2) is 104 Å². The van der Waals surface area contributed by atoms with Crippen molar-refractivity contribution in [1.82, 2.24) is 29.3 Å². The third kappa shape index (κ3) is 15.4. The van der Waals surface area contributed by atoms with E-state index < -0.39 is 136 Å². The molecule has 0 spiro atoms. The zero-order valence-corrected chi connectivity index (χ0v) is 46.4. The minimum absolute atomic E-state index is 0.0554. The molecule has 4 aliphatic heterocycles. The number of halogens is 2. The molecule has 0 amide bonds. The Kier molecular flexibility index (Phi) is 21.2. The number of para-hydroxylation sites is 2. The molecule has 4 aromatic rings. The smallest absolute Gasteiger partial charge is 0.456 e. The van der Waals surface area contributed by atoms with Gasteiger partial charge in [-0.25, -0.2) is 37.7 Å². The lowest BCUT2D eigenvalue weighted by atomic mass is 9.98. The number of alkyl halides is 2. The Labute approximate surface area is 457 Å². The van der Waals surface area contributed by atoms with Crippen LogP contribution in [0.1, 0.15) is 79.7 Å². The van der Waals surface area contributed by atoms with E-state index in [2.05, 4.69) is 10.2 Å². The number of carbonyl (C=O) groups is 2. The Balaban J connectivity index is 0.000000231. The Morgan fingerprint density at radius 1 is 0.613 bits per heavy atom. The number of aromatic amines is 2. The molecule has 440 valence electrons. The molecule has 4 fully saturated rings. The van der Waals surface area contributed by atoms with Gasteiger partial charge in [0.1, 0.15) is 23.7 Å². The second kappa shape index (κ2) is 27.4. The van der Waals surface area contributed by atoms with Crippen LogP contribution in [0.2, 0.25) is 0 Å². The van der Waals surface area contributed by atoms with E-state index in [-0.39, 0.29) is 24.3 Å². The van der Waals surface area contributed by atoms with E-state index in [4.69, 9.17) is 56.0 Å². The van der Waals surface area contributed by atoms with Crippen LogP contribution in [-0.2, 0) is 65.7 Å². The first kappa shape index (κ1) is 61.9. The number of nitrogens with zero attached hydrogens (tertiary/aromatic N) is 2. The van der Waals surface area contributed by atoms with Gasteiger partial charge in [-0.15, -0.1) is 0 Å². The van der Waals surface area contributed by atoms with E-state index in [1.807, 2.05) is 23.8 Å². The number of aromatic nitrogens is 4. The van der Waals surface area contributed by atoms with Crippen molar-refractivity contribution in [3.05, 3.63) is 127 Å². The van der Waals surface area contributed by atoms with Crippen molar-refractivity contribution in [3.63, 3.8) is 0 Å². The average molecular weight is 1170 g/mol. The van der Waals surface area contributed by atoms with Gasteiger partial charge in [-0.3, -0.25) is 47.3 Å². The zero-order valence-electron chi connectivity index (χ0n) is 44.6. The Bertz CT molecular complexity index is 2830. The summed E-state index contributed by atoms with van der Waals surface area (Å²) in [5, 5.41) is 5.70. The summed E-state index contributed by atoms with van der Waals surface area (Å²) in [6.07, 6.45) is -7.45. The number of esters is 2. The van der Waals surface area contributed by atoms with Crippen molar-refractivity contribution >= 4 is 27.4 Å². The molecule has 0 aliphatic carbocycles. The highest BCUT2D eigenvalue weighted by atomic mass is 31.2. The molecular formula is C50H66F2N6O20P2. The number of hydrogen-bond acceptors (Lipinski definition) is 20. The van der Waals surface area contributed by atoms with Crippen LogP contribution in [0, 0.1) is 0 Å². The first-order valence-electron chi connectivity index (χ1n) is 25.8. The molecule has 2 unspecified atom stereocenters. The largest absolute Gasteiger partial charge is 0.459 e. The Morgan fingerprint density at radius 3 is 1.27 bits per heavy atom. The second-order valence-electron chi connectivity index (χ2n) is 18.8. The van der Waals surface area contributed by atoms with Crippen LogP contribution >= 0.6 is 15.5 Å². The molecule has 4 saturated heterocycles. The van der Waals surface area contributed by atoms with Crippen LogP contribution in [0.25, 0.3) is 0 Å². The molecule has 0 radical (unpaired) electrons. The standard InChI is InChI=1S/2C25H33FN3O10P/c2*1-4-17(22-34-13-14-35-22)28-40(33,39-16-9-7-6-8-10-16)36-15-18-21(38-20(31)5-2)25(3,26)23(37-18)29-12-11-19(30)27-24(29)32/h2*6-12,17-18,21-23H,4-5,13-15H2,1-3H3,(H,28,33)(H,27,30,32)/t17-,18+,21+,23+,25+,40?;17-,18-,21-,23-,25-,40?/m01/s1. The van der Waals surface area contributed by atoms with Gasteiger partial charge in [0.2, 0.25) is 0 Å². The topological polar surface area (TPSA) is 313 Å². The molecular weight excluding hydrogens is 1100 g/mol. The van der Waals surface area contributed by atoms with E-state index in [9.17, 15) is 37.9 Å². The quantitative estimate of drug-likeness (QED) is 0.0538. The number of hydrogen-bond donors (Lipinski definition) is 4. The first-order valence-corrected chi connectivity index (χ1v) is 28.9. The highest BCUT2D eigenvalue weighted by Crippen LogP contribution is 2.50. The van der Waals surface area contributed by atoms with E-state index in [0.717, 1.165) is 47.5 Å². The number of carbonyl (C=O) groups excluding carboxylic acids is 2. The fourth-order valence-corrected chi connectivity index (χ4v) is 12.1. The fourth-order valence-electron chi connectivity index (χ4n) is 8.81. The van der Waals surface area contributed by atoms with Crippen molar-refractivity contribution in [2.45, 2.75) is 140 Å². The molecule has 2 aromatic heterocycles. The summed E-state index contributed by atoms with van der Waals surface area (Å²) < 4.78 is 130. The van der Waals surface area contributed by atoms with Gasteiger partial charge in [-0.1, -0.05) is 64.1 Å². The number of nitrogens with one attached hydrogen (secondary N) is 4. The predicted molar refractivity (Wildman–Crippen MR) is 277 cm³/mol. The highest BCUT2D eigenvalue weighted by Gasteiger charge is 2.60. The summed E-state index contributed by atoms with van der Waals surface area (Å²) in [5.74, 6) is -0.979. The molecule has 12 atom stereocenters. The third-order valence-corrected chi connectivity index (χ3v) is 16.1. The molecule has 4 N–H and O–H groups in total. The first-order chi connectivity index (χ1) is 38.1. The highest BCUT2D eigenvalue weighted by molar-refractivity contribution is 7.52. The number of ether oxygens (including phenoxy) is 8. The molecule has 4 aliphatic rings. The van der Waals surface area contributed by atoms with Gasteiger partial charge in [-0.05, 0) is 51.0 Å². The van der Waals surface area contributed by atoms with Crippen LogP contribution in [-0.4, -0.2) is 131 Å². The zero-order chi connectivity index (χ0) is 57.8. The molecule has 0 saturated carbocycles. The van der Waals surface area contributed by atoms with Gasteiger partial charge in [0.05, 0.1) is 51.7 Å². The molecule has 2 aromatic carbocycles. The van der Waals surface area contributed by atoms with E-state index in [1.54, 1.807) is 60.7 Å². The predicted octanol–water partition coefficient (Wildman–Crippen LogP) is 4.86. The van der Waals surface area contributed by atoms with Crippen molar-refractivity contribution in [3.8, 4) is 11.5 Å². The lowest BCUT2D eigenvalue weighted by Gasteiger charge is -2.29. The number of H-pyrrole nitrogens is 2. The van der Waals surface area contributed by atoms with Gasteiger partial charge < -0.3 is 46.9 Å². The summed E-state index contributed by atoms with van der Waals surface area (Å²) in [4.78, 5) is 76.4. The minimum atomic E-state index is -4.21. The third-order valence-electron chi connectivity index (χ3n) is 12.9. The summed E-state index contributed by atoms with van der Waals surface area (Å²) >= 11 is 0. The second-order valence-corrected chi connectivity index (χ2v) is 22.2. The summed E-state index contributed by atoms with van der Waals surface area (Å²) in [6.45, 7) is 9.29. The van der Waals surface area contributed by atoms with Crippen LogP contribution in [0.5, 0.6) is 11.5 Å². The normalized spacial score (nSPS) is 27.2. The van der Waals surface area contributed by atoms with Gasteiger partial charge >= 0.3 is 38.8 Å². The van der Waals surface area contributed by atoms with Gasteiger partial charge in [-0.2, -0.15) is 0 Å². The summed E-state index contributed by atoms with van der Waals surface area (Å²) in [7, 11) is -8.41. The SMILES string of the molecule is CCC(=O)O[C@@H]1[C@@H](COP(=O)(N[C@@H](CC)C2OCCO2)Oc2ccccc2)O[C@@H](n2ccc(=O)[nH]c2=O)[C@]1(C)F.CCC(=O)O[C@@H]1[C@@H](COP(=O)(N[C@H](CC)C2OCCO2)Oc2ccccc2)O[C@@H](n2ccc(=O)[nH]c2=O)[C@]1(C)F. The molecule has 0 bridgehead atoms. The van der Waals surface area contributed by atoms with E-state index in [0.29, 0.717) is 39.3 Å². The summed E-state index contributed by atoms with van der Waals surface area (Å²) in [6, 6.07) is 17.4.